The SMILES string of the molecule is CC(C)N1CC[C@@H](C)[C@H]1OC=O. The van der Waals surface area contributed by atoms with Crippen LogP contribution in [0.4, 0.5) is 0 Å². The van der Waals surface area contributed by atoms with E-state index in [0.29, 0.717) is 18.4 Å². The lowest BCUT2D eigenvalue weighted by Crippen LogP contribution is -2.39. The number of likely N-dealkylation sites (tertiary alicyclic amines) is 1. The molecule has 1 rings (SSSR count). The Morgan fingerprint density at radius 1 is 1.58 bits per heavy atom. The number of carbonyl (C=O) groups excluding carboxylic acids is 1. The third-order valence-electron chi connectivity index (χ3n) is 2.51. The van der Waals surface area contributed by atoms with Gasteiger partial charge in [0.15, 0.2) is 6.23 Å². The predicted octanol–water partition coefficient (Wildman–Crippen LogP) is 1.24. The molecule has 0 aliphatic carbocycles. The molecule has 0 radical (unpaired) electrons. The lowest BCUT2D eigenvalue weighted by Gasteiger charge is -2.28. The highest BCUT2D eigenvalue weighted by molar-refractivity contribution is 5.37. The van der Waals surface area contributed by atoms with Gasteiger partial charge in [-0.1, -0.05) is 6.92 Å². The molecule has 2 atom stereocenters. The average molecular weight is 171 g/mol. The lowest BCUT2D eigenvalue weighted by atomic mass is 10.1. The van der Waals surface area contributed by atoms with Crippen molar-refractivity contribution in [1.29, 1.82) is 0 Å². The van der Waals surface area contributed by atoms with E-state index in [1.165, 1.54) is 0 Å². The van der Waals surface area contributed by atoms with Crippen molar-refractivity contribution < 1.29 is 9.53 Å². The zero-order valence-electron chi connectivity index (χ0n) is 7.99. The molecule has 0 aromatic rings. The van der Waals surface area contributed by atoms with E-state index in [-0.39, 0.29) is 6.23 Å². The van der Waals surface area contributed by atoms with Crippen molar-refractivity contribution in [1.82, 2.24) is 4.90 Å². The molecule has 0 N–H and O–H groups in total. The monoisotopic (exact) mass is 171 g/mol. The van der Waals surface area contributed by atoms with Crippen LogP contribution in [-0.2, 0) is 9.53 Å². The predicted molar refractivity (Wildman–Crippen MR) is 46.6 cm³/mol. The van der Waals surface area contributed by atoms with E-state index in [9.17, 15) is 4.79 Å². The number of carbonyl (C=O) groups is 1. The highest BCUT2D eigenvalue weighted by Crippen LogP contribution is 2.25. The number of rotatable bonds is 3. The third kappa shape index (κ3) is 1.78. The molecule has 0 saturated carbocycles. The first-order chi connectivity index (χ1) is 5.66. The van der Waals surface area contributed by atoms with Crippen molar-refractivity contribution in [2.24, 2.45) is 5.92 Å². The van der Waals surface area contributed by atoms with Crippen molar-refractivity contribution in [3.8, 4) is 0 Å². The van der Waals surface area contributed by atoms with Gasteiger partial charge in [-0.15, -0.1) is 0 Å². The van der Waals surface area contributed by atoms with Crippen LogP contribution in [0.25, 0.3) is 0 Å². The minimum atomic E-state index is 0.00231. The van der Waals surface area contributed by atoms with E-state index < -0.39 is 0 Å². The molecule has 12 heavy (non-hydrogen) atoms. The summed E-state index contributed by atoms with van der Waals surface area (Å²) in [6.45, 7) is 7.97. The van der Waals surface area contributed by atoms with Gasteiger partial charge in [0.05, 0.1) is 0 Å². The molecule has 1 aliphatic heterocycles. The minimum absolute atomic E-state index is 0.00231. The van der Waals surface area contributed by atoms with E-state index in [0.717, 1.165) is 13.0 Å². The molecule has 0 unspecified atom stereocenters. The first-order valence-corrected chi connectivity index (χ1v) is 4.51. The fraction of sp³-hybridized carbons (Fsp3) is 0.889. The molecule has 0 aromatic heterocycles. The number of hydrogen-bond acceptors (Lipinski definition) is 3. The second-order valence-corrected chi connectivity index (χ2v) is 3.72. The molecular formula is C9H17NO2. The van der Waals surface area contributed by atoms with Gasteiger partial charge in [0, 0.05) is 18.5 Å². The summed E-state index contributed by atoms with van der Waals surface area (Å²) in [7, 11) is 0. The van der Waals surface area contributed by atoms with Crippen LogP contribution < -0.4 is 0 Å². The molecule has 3 heteroatoms. The maximum absolute atomic E-state index is 10.2. The highest BCUT2D eigenvalue weighted by Gasteiger charge is 2.33. The lowest BCUT2D eigenvalue weighted by molar-refractivity contribution is -0.145. The van der Waals surface area contributed by atoms with Crippen molar-refractivity contribution >= 4 is 6.47 Å². The van der Waals surface area contributed by atoms with Gasteiger partial charge in [-0.3, -0.25) is 9.69 Å². The molecule has 1 saturated heterocycles. The highest BCUT2D eigenvalue weighted by atomic mass is 16.5. The van der Waals surface area contributed by atoms with Gasteiger partial charge in [0.2, 0.25) is 0 Å². The van der Waals surface area contributed by atoms with Crippen molar-refractivity contribution in [3.05, 3.63) is 0 Å². The summed E-state index contributed by atoms with van der Waals surface area (Å²) < 4.78 is 5.03. The van der Waals surface area contributed by atoms with Crippen molar-refractivity contribution in [2.45, 2.75) is 39.5 Å². The summed E-state index contributed by atoms with van der Waals surface area (Å²) in [5.74, 6) is 0.470. The summed E-state index contributed by atoms with van der Waals surface area (Å²) in [6, 6.07) is 0.458. The topological polar surface area (TPSA) is 29.5 Å². The zero-order chi connectivity index (χ0) is 9.14. The molecule has 0 spiro atoms. The van der Waals surface area contributed by atoms with Crippen LogP contribution >= 0.6 is 0 Å². The first-order valence-electron chi connectivity index (χ1n) is 4.51. The fourth-order valence-electron chi connectivity index (χ4n) is 1.77. The van der Waals surface area contributed by atoms with Gasteiger partial charge in [-0.05, 0) is 20.3 Å². The smallest absolute Gasteiger partial charge is 0.294 e. The molecule has 1 aliphatic rings. The molecule has 1 heterocycles. The zero-order valence-corrected chi connectivity index (χ0v) is 7.99. The Hall–Kier alpha value is -0.570. The van der Waals surface area contributed by atoms with E-state index in [1.54, 1.807) is 0 Å². The molecule has 3 nitrogen and oxygen atoms in total. The number of ether oxygens (including phenoxy) is 1. The molecule has 0 bridgehead atoms. The standard InChI is InChI=1S/C9H17NO2/c1-7(2)10-5-4-8(3)9(10)12-6-11/h6-9H,4-5H2,1-3H3/t8-,9-/m1/s1. The second kappa shape index (κ2) is 3.90. The molecule has 0 amide bonds. The normalized spacial score (nSPS) is 31.0. The maximum atomic E-state index is 10.2. The number of nitrogens with zero attached hydrogens (tertiary/aromatic N) is 1. The Labute approximate surface area is 73.7 Å². The Kier molecular flexibility index (Phi) is 3.09. The maximum Gasteiger partial charge on any atom is 0.294 e. The van der Waals surface area contributed by atoms with Crippen LogP contribution in [0.2, 0.25) is 0 Å². The van der Waals surface area contributed by atoms with Crippen LogP contribution in [0.15, 0.2) is 0 Å². The minimum Gasteiger partial charge on any atom is -0.448 e. The van der Waals surface area contributed by atoms with E-state index >= 15 is 0 Å². The average Bonchev–Trinajstić information content (AvgIpc) is 2.34. The van der Waals surface area contributed by atoms with Gasteiger partial charge in [0.1, 0.15) is 0 Å². The summed E-state index contributed by atoms with van der Waals surface area (Å²) in [4.78, 5) is 12.4. The Bertz CT molecular complexity index is 159. The van der Waals surface area contributed by atoms with Gasteiger partial charge >= 0.3 is 0 Å². The van der Waals surface area contributed by atoms with Crippen molar-refractivity contribution in [2.75, 3.05) is 6.54 Å². The van der Waals surface area contributed by atoms with Crippen LogP contribution in [0.1, 0.15) is 27.2 Å². The number of hydrogen-bond donors (Lipinski definition) is 0. The Morgan fingerprint density at radius 2 is 2.25 bits per heavy atom. The Morgan fingerprint density at radius 3 is 2.75 bits per heavy atom. The van der Waals surface area contributed by atoms with E-state index in [2.05, 4.69) is 25.7 Å². The van der Waals surface area contributed by atoms with E-state index in [4.69, 9.17) is 4.74 Å². The van der Waals surface area contributed by atoms with Crippen LogP contribution in [0.3, 0.4) is 0 Å². The molecular weight excluding hydrogens is 154 g/mol. The first kappa shape index (κ1) is 9.52. The fourth-order valence-corrected chi connectivity index (χ4v) is 1.77. The van der Waals surface area contributed by atoms with Gasteiger partial charge in [0.25, 0.3) is 6.47 Å². The third-order valence-corrected chi connectivity index (χ3v) is 2.51. The molecule has 1 fully saturated rings. The van der Waals surface area contributed by atoms with Crippen LogP contribution in [0.5, 0.6) is 0 Å². The largest absolute Gasteiger partial charge is 0.448 e. The Balaban J connectivity index is 2.56. The van der Waals surface area contributed by atoms with Crippen molar-refractivity contribution in [3.63, 3.8) is 0 Å². The van der Waals surface area contributed by atoms with Crippen LogP contribution in [-0.4, -0.2) is 30.2 Å². The summed E-state index contributed by atoms with van der Waals surface area (Å²) in [5.41, 5.74) is 0. The quantitative estimate of drug-likeness (QED) is 0.598. The second-order valence-electron chi connectivity index (χ2n) is 3.72. The summed E-state index contributed by atoms with van der Waals surface area (Å²) in [5, 5.41) is 0. The van der Waals surface area contributed by atoms with E-state index in [1.807, 2.05) is 0 Å². The van der Waals surface area contributed by atoms with Crippen LogP contribution in [0, 0.1) is 5.92 Å². The van der Waals surface area contributed by atoms with Gasteiger partial charge in [-0.2, -0.15) is 0 Å². The van der Waals surface area contributed by atoms with Gasteiger partial charge in [-0.25, -0.2) is 0 Å². The summed E-state index contributed by atoms with van der Waals surface area (Å²) in [6.07, 6.45) is 1.12. The van der Waals surface area contributed by atoms with Gasteiger partial charge < -0.3 is 4.74 Å². The summed E-state index contributed by atoms with van der Waals surface area (Å²) >= 11 is 0. The molecule has 70 valence electrons. The molecule has 0 aromatic carbocycles.